The molecule has 0 bridgehead atoms. The number of benzene rings is 2. The summed E-state index contributed by atoms with van der Waals surface area (Å²) in [5.41, 5.74) is 4.97. The second-order valence-electron chi connectivity index (χ2n) is 11.2. The van der Waals surface area contributed by atoms with E-state index in [2.05, 4.69) is 11.9 Å². The van der Waals surface area contributed by atoms with Crippen LogP contribution in [0.3, 0.4) is 0 Å². The number of halogens is 2. The zero-order valence-corrected chi connectivity index (χ0v) is 25.9. The van der Waals surface area contributed by atoms with Gasteiger partial charge < -0.3 is 19.7 Å². The van der Waals surface area contributed by atoms with E-state index in [1.165, 1.54) is 24.5 Å². The van der Waals surface area contributed by atoms with E-state index >= 15 is 4.39 Å². The van der Waals surface area contributed by atoms with Crippen LogP contribution >= 0.6 is 11.3 Å². The van der Waals surface area contributed by atoms with E-state index in [1.807, 2.05) is 41.3 Å². The predicted octanol–water partition coefficient (Wildman–Crippen LogP) is 5.96. The topological polar surface area (TPSA) is 98.6 Å². The van der Waals surface area contributed by atoms with Crippen molar-refractivity contribution in [1.82, 2.24) is 25.0 Å². The first-order valence-electron chi connectivity index (χ1n) is 14.7. The molecule has 0 radical (unpaired) electrons. The van der Waals surface area contributed by atoms with E-state index in [-0.39, 0.29) is 42.4 Å². The van der Waals surface area contributed by atoms with Crippen LogP contribution in [0.25, 0.3) is 43.9 Å². The Balaban J connectivity index is 1.48. The van der Waals surface area contributed by atoms with Gasteiger partial charge in [-0.3, -0.25) is 14.3 Å². The summed E-state index contributed by atoms with van der Waals surface area (Å²) in [4.78, 5) is 31.7. The van der Waals surface area contributed by atoms with Crippen LogP contribution in [0.5, 0.6) is 5.75 Å². The maximum absolute atomic E-state index is 16.0. The highest BCUT2D eigenvalue weighted by Crippen LogP contribution is 2.47. The van der Waals surface area contributed by atoms with Crippen LogP contribution in [0.2, 0.25) is 0 Å². The molecule has 1 N–H and O–H groups in total. The highest BCUT2D eigenvalue weighted by atomic mass is 32.1. The molecule has 234 valence electrons. The number of nitrogens with zero attached hydrogens (tertiary/aromatic N) is 4. The summed E-state index contributed by atoms with van der Waals surface area (Å²) in [6.45, 7) is 7.04. The third-order valence-corrected chi connectivity index (χ3v) is 9.28. The van der Waals surface area contributed by atoms with Crippen LogP contribution < -0.4 is 10.1 Å². The van der Waals surface area contributed by atoms with Gasteiger partial charge in [0, 0.05) is 58.6 Å². The van der Waals surface area contributed by atoms with Gasteiger partial charge in [-0.1, -0.05) is 12.6 Å². The number of methoxy groups -OCH3 is 1. The lowest BCUT2D eigenvalue weighted by Gasteiger charge is -2.33. The van der Waals surface area contributed by atoms with Gasteiger partial charge in [-0.25, -0.2) is 13.8 Å². The molecule has 1 unspecified atom stereocenters. The molecule has 0 saturated carbocycles. The summed E-state index contributed by atoms with van der Waals surface area (Å²) in [7, 11) is 1.52. The summed E-state index contributed by atoms with van der Waals surface area (Å²) >= 11 is 1.40. The second kappa shape index (κ2) is 11.8. The fourth-order valence-corrected chi connectivity index (χ4v) is 7.08. The summed E-state index contributed by atoms with van der Waals surface area (Å²) in [6.07, 6.45) is 1.29. The molecule has 7 rings (SSSR count). The Labute approximate surface area is 267 Å². The Morgan fingerprint density at radius 3 is 2.80 bits per heavy atom. The number of thiophene rings is 1. The lowest BCUT2D eigenvalue weighted by molar-refractivity contribution is -0.129. The number of ether oxygens (including phenoxy) is 2. The van der Waals surface area contributed by atoms with E-state index < -0.39 is 11.6 Å². The number of fused-ring (bicyclic) bond motifs is 3. The molecule has 46 heavy (non-hydrogen) atoms. The summed E-state index contributed by atoms with van der Waals surface area (Å²) in [5.74, 6) is -1.87. The third-order valence-electron chi connectivity index (χ3n) is 8.35. The van der Waals surface area contributed by atoms with Crippen molar-refractivity contribution in [2.75, 3.05) is 20.3 Å². The standard InChI is InChI=1S/C34H29F2N5O4S/c1-4-28(42)40-17-22-14-26(39-41(22)16-18(40)2)32-30(29-25(36)12-21(35)13-27(29)45-9-8-44-3)33-24(7-10-46-33)31(38-32)19-5-6-23-20(11-19)15-37-34(23)43/h4-7,10-14,18H,1,8-9,15-17H2,2-3H3,(H,37,43). The number of pyridine rings is 1. The number of amides is 2. The molecule has 0 saturated heterocycles. The maximum atomic E-state index is 16.0. The molecule has 2 aromatic carbocycles. The van der Waals surface area contributed by atoms with Gasteiger partial charge in [-0.05, 0) is 48.2 Å². The highest BCUT2D eigenvalue weighted by molar-refractivity contribution is 7.18. The molecule has 0 fully saturated rings. The van der Waals surface area contributed by atoms with Crippen LogP contribution in [0.1, 0.15) is 28.5 Å². The van der Waals surface area contributed by atoms with E-state index in [0.29, 0.717) is 52.5 Å². The molecular weight excluding hydrogens is 612 g/mol. The summed E-state index contributed by atoms with van der Waals surface area (Å²) < 4.78 is 44.2. The lowest BCUT2D eigenvalue weighted by Crippen LogP contribution is -2.44. The molecule has 1 atom stereocenters. The lowest BCUT2D eigenvalue weighted by atomic mass is 9.95. The number of aromatic nitrogens is 3. The summed E-state index contributed by atoms with van der Waals surface area (Å²) in [6, 6.07) is 11.2. The van der Waals surface area contributed by atoms with Crippen molar-refractivity contribution in [3.63, 3.8) is 0 Å². The molecule has 2 amide bonds. The SMILES string of the molecule is C=CC(=O)N1Cc2cc(-c3nc(-c4ccc5c(c4)CNC5=O)c4ccsc4c3-c3c(F)cc(F)cc3OCCOC)nn2CC1C. The van der Waals surface area contributed by atoms with E-state index in [9.17, 15) is 14.0 Å². The Kier molecular flexibility index (Phi) is 7.61. The number of rotatable bonds is 8. The zero-order chi connectivity index (χ0) is 32.1. The molecule has 0 aliphatic carbocycles. The number of nitrogens with one attached hydrogen (secondary N) is 1. The van der Waals surface area contributed by atoms with Crippen LogP contribution in [0.15, 0.2) is 60.5 Å². The molecule has 5 heterocycles. The Hall–Kier alpha value is -4.94. The van der Waals surface area contributed by atoms with Crippen LogP contribution in [-0.2, 0) is 29.2 Å². The zero-order valence-electron chi connectivity index (χ0n) is 25.1. The van der Waals surface area contributed by atoms with Gasteiger partial charge in [-0.2, -0.15) is 5.10 Å². The van der Waals surface area contributed by atoms with Crippen LogP contribution in [-0.4, -0.2) is 57.8 Å². The average molecular weight is 642 g/mol. The van der Waals surface area contributed by atoms with Crippen molar-refractivity contribution in [2.45, 2.75) is 32.6 Å². The van der Waals surface area contributed by atoms with Gasteiger partial charge in [0.1, 0.15) is 35.4 Å². The second-order valence-corrected chi connectivity index (χ2v) is 12.1. The fraction of sp³-hybridized carbons (Fsp3) is 0.235. The van der Waals surface area contributed by atoms with Gasteiger partial charge in [0.05, 0.1) is 36.6 Å². The minimum atomic E-state index is -0.805. The van der Waals surface area contributed by atoms with Crippen molar-refractivity contribution in [1.29, 1.82) is 0 Å². The van der Waals surface area contributed by atoms with Crippen molar-refractivity contribution >= 4 is 33.2 Å². The van der Waals surface area contributed by atoms with Gasteiger partial charge in [-0.15, -0.1) is 11.3 Å². The molecule has 3 aromatic heterocycles. The summed E-state index contributed by atoms with van der Waals surface area (Å²) in [5, 5.41) is 10.4. The van der Waals surface area contributed by atoms with Gasteiger partial charge in [0.15, 0.2) is 0 Å². The van der Waals surface area contributed by atoms with Crippen LogP contribution in [0.4, 0.5) is 8.78 Å². The number of carbonyl (C=O) groups excluding carboxylic acids is 2. The minimum Gasteiger partial charge on any atom is -0.490 e. The van der Waals surface area contributed by atoms with Crippen molar-refractivity contribution < 1.29 is 27.8 Å². The van der Waals surface area contributed by atoms with Gasteiger partial charge in [0.25, 0.3) is 5.91 Å². The molecule has 2 aliphatic rings. The maximum Gasteiger partial charge on any atom is 0.251 e. The molecular formula is C34H29F2N5O4S. The smallest absolute Gasteiger partial charge is 0.251 e. The van der Waals surface area contributed by atoms with E-state index in [4.69, 9.17) is 19.6 Å². The molecule has 2 aliphatic heterocycles. The van der Waals surface area contributed by atoms with E-state index in [1.54, 1.807) is 11.0 Å². The van der Waals surface area contributed by atoms with Gasteiger partial charge >= 0.3 is 0 Å². The number of hydrogen-bond donors (Lipinski definition) is 1. The molecule has 5 aromatic rings. The quantitative estimate of drug-likeness (QED) is 0.166. The number of hydrogen-bond acceptors (Lipinski definition) is 7. The van der Waals surface area contributed by atoms with Crippen molar-refractivity contribution in [3.8, 4) is 39.5 Å². The average Bonchev–Trinajstić information content (AvgIpc) is 3.78. The normalized spacial score (nSPS) is 15.5. The van der Waals surface area contributed by atoms with Crippen LogP contribution in [0, 0.1) is 11.6 Å². The van der Waals surface area contributed by atoms with Crippen molar-refractivity contribution in [2.24, 2.45) is 0 Å². The molecule has 9 nitrogen and oxygen atoms in total. The van der Waals surface area contributed by atoms with Gasteiger partial charge in [0.2, 0.25) is 5.91 Å². The Morgan fingerprint density at radius 1 is 1.15 bits per heavy atom. The highest BCUT2D eigenvalue weighted by Gasteiger charge is 2.31. The first kappa shape index (κ1) is 29.8. The third kappa shape index (κ3) is 5.03. The minimum absolute atomic E-state index is 0.0162. The largest absolute Gasteiger partial charge is 0.490 e. The molecule has 12 heteroatoms. The molecule has 0 spiro atoms. The Morgan fingerprint density at radius 2 is 2.00 bits per heavy atom. The predicted molar refractivity (Wildman–Crippen MR) is 170 cm³/mol. The monoisotopic (exact) mass is 641 g/mol. The Bertz CT molecular complexity index is 2060. The van der Waals surface area contributed by atoms with E-state index in [0.717, 1.165) is 34.3 Å². The first-order valence-corrected chi connectivity index (χ1v) is 15.6. The fourth-order valence-electron chi connectivity index (χ4n) is 6.13. The number of carbonyl (C=O) groups is 2. The first-order chi connectivity index (χ1) is 22.3. The van der Waals surface area contributed by atoms with Crippen molar-refractivity contribution in [3.05, 3.63) is 89.0 Å².